The molecule has 0 bridgehead atoms. The van der Waals surface area contributed by atoms with Crippen molar-refractivity contribution in [2.24, 2.45) is 0 Å². The van der Waals surface area contributed by atoms with Crippen molar-refractivity contribution in [3.63, 3.8) is 0 Å². The Labute approximate surface area is 128 Å². The molecule has 0 amide bonds. The molecule has 0 atom stereocenters. The minimum atomic E-state index is 0.143. The van der Waals surface area contributed by atoms with Gasteiger partial charge in [-0.1, -0.05) is 18.2 Å². The zero-order valence-electron chi connectivity index (χ0n) is 14.1. The Bertz CT molecular complexity index is 576. The fraction of sp³-hybridized carbons (Fsp3) is 0.556. The fourth-order valence-electron chi connectivity index (χ4n) is 2.59. The number of para-hydroxylation sites is 1. The first-order valence-electron chi connectivity index (χ1n) is 7.83. The molecule has 0 unspecified atom stereocenters. The van der Waals surface area contributed by atoms with Crippen LogP contribution in [0.3, 0.4) is 0 Å². The summed E-state index contributed by atoms with van der Waals surface area (Å²) in [5, 5.41) is 4.94. The third-order valence-electron chi connectivity index (χ3n) is 3.69. The molecule has 2 aromatic rings. The van der Waals surface area contributed by atoms with Crippen LogP contribution < -0.4 is 5.32 Å². The van der Waals surface area contributed by atoms with Crippen molar-refractivity contribution in [3.8, 4) is 0 Å². The summed E-state index contributed by atoms with van der Waals surface area (Å²) in [4.78, 5) is 2.24. The van der Waals surface area contributed by atoms with Crippen LogP contribution in [0.4, 0.5) is 0 Å². The van der Waals surface area contributed by atoms with E-state index in [1.165, 1.54) is 22.9 Å². The lowest BCUT2D eigenvalue weighted by Crippen LogP contribution is -2.35. The van der Waals surface area contributed by atoms with E-state index in [-0.39, 0.29) is 5.54 Å². The molecule has 3 nitrogen and oxygen atoms in total. The SMILES string of the molecule is CN(C)CCCn1ccc2cccc(CNC(C)(C)C)c21. The van der Waals surface area contributed by atoms with E-state index < -0.39 is 0 Å². The molecular formula is C18H29N3. The van der Waals surface area contributed by atoms with Gasteiger partial charge in [-0.05, 0) is 64.8 Å². The van der Waals surface area contributed by atoms with Crippen molar-refractivity contribution in [1.29, 1.82) is 0 Å². The first-order chi connectivity index (χ1) is 9.87. The standard InChI is InChI=1S/C18H29N3/c1-18(2,3)19-14-16-9-6-8-15-10-13-21(17(15)16)12-7-11-20(4)5/h6,8-10,13,19H,7,11-12,14H2,1-5H3. The number of aryl methyl sites for hydroxylation is 1. The van der Waals surface area contributed by atoms with E-state index >= 15 is 0 Å². The maximum Gasteiger partial charge on any atom is 0.0525 e. The lowest BCUT2D eigenvalue weighted by Gasteiger charge is -2.21. The van der Waals surface area contributed by atoms with Crippen LogP contribution in [-0.2, 0) is 13.1 Å². The van der Waals surface area contributed by atoms with E-state index in [1.807, 2.05) is 0 Å². The molecule has 0 fully saturated rings. The predicted molar refractivity (Wildman–Crippen MR) is 91.7 cm³/mol. The summed E-state index contributed by atoms with van der Waals surface area (Å²) in [6.45, 7) is 9.75. The van der Waals surface area contributed by atoms with E-state index in [9.17, 15) is 0 Å². The van der Waals surface area contributed by atoms with Gasteiger partial charge in [-0.2, -0.15) is 0 Å². The second-order valence-corrected chi connectivity index (χ2v) is 7.12. The normalized spacial score (nSPS) is 12.5. The molecule has 0 radical (unpaired) electrons. The highest BCUT2D eigenvalue weighted by atomic mass is 15.1. The molecule has 0 aliphatic heterocycles. The fourth-order valence-corrected chi connectivity index (χ4v) is 2.59. The van der Waals surface area contributed by atoms with Gasteiger partial charge in [0.15, 0.2) is 0 Å². The Morgan fingerprint density at radius 1 is 1.14 bits per heavy atom. The molecule has 0 saturated carbocycles. The van der Waals surface area contributed by atoms with E-state index in [2.05, 4.69) is 80.1 Å². The van der Waals surface area contributed by atoms with Crippen LogP contribution in [0.15, 0.2) is 30.5 Å². The Morgan fingerprint density at radius 3 is 2.57 bits per heavy atom. The van der Waals surface area contributed by atoms with Crippen LogP contribution in [0.1, 0.15) is 32.8 Å². The number of hydrogen-bond acceptors (Lipinski definition) is 2. The lowest BCUT2D eigenvalue weighted by atomic mass is 10.1. The third kappa shape index (κ3) is 4.58. The van der Waals surface area contributed by atoms with Crippen LogP contribution in [0.25, 0.3) is 10.9 Å². The molecule has 3 heteroatoms. The summed E-state index contributed by atoms with van der Waals surface area (Å²) in [6.07, 6.45) is 3.40. The topological polar surface area (TPSA) is 20.2 Å². The molecular weight excluding hydrogens is 258 g/mol. The summed E-state index contributed by atoms with van der Waals surface area (Å²) in [7, 11) is 4.26. The van der Waals surface area contributed by atoms with Crippen molar-refractivity contribution < 1.29 is 0 Å². The van der Waals surface area contributed by atoms with Crippen LogP contribution in [0, 0.1) is 0 Å². The van der Waals surface area contributed by atoms with Gasteiger partial charge >= 0.3 is 0 Å². The third-order valence-corrected chi connectivity index (χ3v) is 3.69. The molecule has 0 spiro atoms. The lowest BCUT2D eigenvalue weighted by molar-refractivity contribution is 0.387. The zero-order chi connectivity index (χ0) is 15.5. The molecule has 1 aromatic heterocycles. The molecule has 0 aliphatic carbocycles. The Morgan fingerprint density at radius 2 is 1.90 bits per heavy atom. The molecule has 21 heavy (non-hydrogen) atoms. The second-order valence-electron chi connectivity index (χ2n) is 7.12. The van der Waals surface area contributed by atoms with Gasteiger partial charge in [-0.25, -0.2) is 0 Å². The largest absolute Gasteiger partial charge is 0.347 e. The average molecular weight is 287 g/mol. The maximum atomic E-state index is 3.60. The molecule has 1 heterocycles. The van der Waals surface area contributed by atoms with Crippen LogP contribution in [-0.4, -0.2) is 35.6 Å². The quantitative estimate of drug-likeness (QED) is 0.878. The highest BCUT2D eigenvalue weighted by molar-refractivity contribution is 5.83. The van der Waals surface area contributed by atoms with Crippen LogP contribution in [0.5, 0.6) is 0 Å². The molecule has 116 valence electrons. The molecule has 2 rings (SSSR count). The molecule has 1 N–H and O–H groups in total. The number of benzene rings is 1. The molecule has 1 aromatic carbocycles. The van der Waals surface area contributed by atoms with Crippen LogP contribution in [0.2, 0.25) is 0 Å². The first kappa shape index (κ1) is 16.1. The predicted octanol–water partition coefficient (Wildman–Crippen LogP) is 3.48. The number of nitrogens with zero attached hydrogens (tertiary/aromatic N) is 2. The van der Waals surface area contributed by atoms with Crippen molar-refractivity contribution in [2.75, 3.05) is 20.6 Å². The van der Waals surface area contributed by atoms with Gasteiger partial charge in [0.1, 0.15) is 0 Å². The van der Waals surface area contributed by atoms with Crippen molar-refractivity contribution in [2.45, 2.75) is 45.8 Å². The number of nitrogens with one attached hydrogen (secondary N) is 1. The summed E-state index contributed by atoms with van der Waals surface area (Å²) in [5.41, 5.74) is 2.91. The number of rotatable bonds is 6. The Hall–Kier alpha value is -1.32. The zero-order valence-corrected chi connectivity index (χ0v) is 14.1. The smallest absolute Gasteiger partial charge is 0.0525 e. The van der Waals surface area contributed by atoms with Crippen molar-refractivity contribution >= 4 is 10.9 Å². The first-order valence-corrected chi connectivity index (χ1v) is 7.83. The van der Waals surface area contributed by atoms with E-state index in [0.717, 1.165) is 19.6 Å². The van der Waals surface area contributed by atoms with Gasteiger partial charge in [0, 0.05) is 24.8 Å². The minimum Gasteiger partial charge on any atom is -0.347 e. The number of hydrogen-bond donors (Lipinski definition) is 1. The summed E-state index contributed by atoms with van der Waals surface area (Å²) < 4.78 is 2.40. The highest BCUT2D eigenvalue weighted by Crippen LogP contribution is 2.21. The van der Waals surface area contributed by atoms with Gasteiger partial charge in [0.2, 0.25) is 0 Å². The monoisotopic (exact) mass is 287 g/mol. The van der Waals surface area contributed by atoms with E-state index in [1.54, 1.807) is 0 Å². The van der Waals surface area contributed by atoms with E-state index in [0.29, 0.717) is 0 Å². The summed E-state index contributed by atoms with van der Waals surface area (Å²) in [6, 6.07) is 8.83. The van der Waals surface area contributed by atoms with Gasteiger partial charge < -0.3 is 14.8 Å². The second kappa shape index (κ2) is 6.63. The van der Waals surface area contributed by atoms with E-state index in [4.69, 9.17) is 0 Å². The minimum absolute atomic E-state index is 0.143. The molecule has 0 saturated heterocycles. The van der Waals surface area contributed by atoms with Crippen molar-refractivity contribution in [3.05, 3.63) is 36.0 Å². The number of fused-ring (bicyclic) bond motifs is 1. The van der Waals surface area contributed by atoms with Crippen molar-refractivity contribution in [1.82, 2.24) is 14.8 Å². The van der Waals surface area contributed by atoms with Gasteiger partial charge in [0.25, 0.3) is 0 Å². The summed E-state index contributed by atoms with van der Waals surface area (Å²) in [5.74, 6) is 0. The Balaban J connectivity index is 2.18. The maximum absolute atomic E-state index is 3.60. The Kier molecular flexibility index (Phi) is 5.07. The highest BCUT2D eigenvalue weighted by Gasteiger charge is 2.11. The number of aromatic nitrogens is 1. The van der Waals surface area contributed by atoms with Crippen LogP contribution >= 0.6 is 0 Å². The van der Waals surface area contributed by atoms with Gasteiger partial charge in [0.05, 0.1) is 5.52 Å². The summed E-state index contributed by atoms with van der Waals surface area (Å²) >= 11 is 0. The van der Waals surface area contributed by atoms with Gasteiger partial charge in [-0.3, -0.25) is 0 Å². The van der Waals surface area contributed by atoms with Gasteiger partial charge in [-0.15, -0.1) is 0 Å². The molecule has 0 aliphatic rings. The average Bonchev–Trinajstić information content (AvgIpc) is 2.79.